The van der Waals surface area contributed by atoms with Gasteiger partial charge in [0.1, 0.15) is 0 Å². The van der Waals surface area contributed by atoms with Crippen LogP contribution in [0.5, 0.6) is 11.5 Å². The monoisotopic (exact) mass is 477 g/mol. The van der Waals surface area contributed by atoms with Crippen molar-refractivity contribution in [2.24, 2.45) is 0 Å². The van der Waals surface area contributed by atoms with E-state index in [1.165, 1.54) is 18.2 Å². The SMILES string of the molecule is O=S(=O)(NC(Cc1ccccc1)c1ccc2c(c1)OCCCO2)c1ccc(Cl)c(Cl)c1. The molecule has 0 aliphatic carbocycles. The van der Waals surface area contributed by atoms with Crippen LogP contribution >= 0.6 is 23.2 Å². The minimum atomic E-state index is -3.86. The van der Waals surface area contributed by atoms with Crippen molar-refractivity contribution in [3.63, 3.8) is 0 Å². The molecule has 0 spiro atoms. The maximum Gasteiger partial charge on any atom is 0.241 e. The average Bonchev–Trinajstić information content (AvgIpc) is 3.00. The minimum absolute atomic E-state index is 0.0503. The molecule has 3 aromatic carbocycles. The van der Waals surface area contributed by atoms with Crippen molar-refractivity contribution < 1.29 is 17.9 Å². The maximum atomic E-state index is 13.1. The predicted octanol–water partition coefficient (Wildman–Crippen LogP) is 5.42. The number of rotatable bonds is 6. The van der Waals surface area contributed by atoms with Crippen LogP contribution in [0.3, 0.4) is 0 Å². The van der Waals surface area contributed by atoms with Crippen LogP contribution in [-0.2, 0) is 16.4 Å². The molecule has 8 heteroatoms. The molecule has 0 saturated heterocycles. The van der Waals surface area contributed by atoms with E-state index in [1.807, 2.05) is 48.5 Å². The molecule has 1 N–H and O–H groups in total. The lowest BCUT2D eigenvalue weighted by molar-refractivity contribution is 0.297. The number of fused-ring (bicyclic) bond motifs is 1. The van der Waals surface area contributed by atoms with Gasteiger partial charge in [-0.05, 0) is 47.9 Å². The lowest BCUT2D eigenvalue weighted by Gasteiger charge is -2.21. The highest BCUT2D eigenvalue weighted by Crippen LogP contribution is 2.34. The Morgan fingerprint density at radius 3 is 2.35 bits per heavy atom. The van der Waals surface area contributed by atoms with Crippen molar-refractivity contribution in [2.45, 2.75) is 23.8 Å². The van der Waals surface area contributed by atoms with Crippen molar-refractivity contribution in [2.75, 3.05) is 13.2 Å². The number of hydrogen-bond donors (Lipinski definition) is 1. The highest BCUT2D eigenvalue weighted by Gasteiger charge is 2.24. The molecule has 3 aromatic rings. The normalized spacial score (nSPS) is 14.6. The molecule has 0 bridgehead atoms. The van der Waals surface area contributed by atoms with Crippen LogP contribution in [0, 0.1) is 0 Å². The van der Waals surface area contributed by atoms with Crippen LogP contribution in [0.15, 0.2) is 71.6 Å². The Balaban J connectivity index is 1.69. The zero-order valence-corrected chi connectivity index (χ0v) is 18.9. The fourth-order valence-corrected chi connectivity index (χ4v) is 4.99. The second-order valence-electron chi connectivity index (χ2n) is 7.20. The van der Waals surface area contributed by atoms with Crippen LogP contribution in [0.4, 0.5) is 0 Å². The topological polar surface area (TPSA) is 64.6 Å². The van der Waals surface area contributed by atoms with E-state index in [2.05, 4.69) is 4.72 Å². The van der Waals surface area contributed by atoms with Gasteiger partial charge in [0.15, 0.2) is 11.5 Å². The number of sulfonamides is 1. The third kappa shape index (κ3) is 5.33. The molecule has 0 amide bonds. The van der Waals surface area contributed by atoms with Gasteiger partial charge in [0.2, 0.25) is 10.0 Å². The summed E-state index contributed by atoms with van der Waals surface area (Å²) in [5.74, 6) is 1.27. The Hall–Kier alpha value is -2.25. The molecule has 31 heavy (non-hydrogen) atoms. The second-order valence-corrected chi connectivity index (χ2v) is 9.72. The first-order valence-electron chi connectivity index (χ1n) is 9.83. The van der Waals surface area contributed by atoms with Crippen LogP contribution in [-0.4, -0.2) is 21.6 Å². The summed E-state index contributed by atoms with van der Waals surface area (Å²) in [5.41, 5.74) is 1.77. The molecular formula is C23H21Cl2NO4S. The Bertz CT molecular complexity index is 1170. The predicted molar refractivity (Wildman–Crippen MR) is 122 cm³/mol. The fraction of sp³-hybridized carbons (Fsp3) is 0.217. The second kappa shape index (κ2) is 9.49. The number of ether oxygens (including phenoxy) is 2. The Kier molecular flexibility index (Phi) is 6.72. The van der Waals surface area contributed by atoms with Crippen molar-refractivity contribution in [1.29, 1.82) is 0 Å². The summed E-state index contributed by atoms with van der Waals surface area (Å²) in [5, 5.41) is 0.476. The lowest BCUT2D eigenvalue weighted by atomic mass is 9.99. The van der Waals surface area contributed by atoms with Crippen LogP contribution in [0.1, 0.15) is 23.6 Å². The van der Waals surface area contributed by atoms with Crippen LogP contribution < -0.4 is 14.2 Å². The third-order valence-corrected chi connectivity index (χ3v) is 7.16. The highest BCUT2D eigenvalue weighted by atomic mass is 35.5. The standard InChI is InChI=1S/C23H21Cl2NO4S/c24-19-9-8-18(15-20(19)25)31(27,28)26-21(13-16-5-2-1-3-6-16)17-7-10-22-23(14-17)30-12-4-11-29-22/h1-3,5-10,14-15,21,26H,4,11-13H2. The molecule has 4 rings (SSSR count). The molecule has 1 unspecified atom stereocenters. The molecule has 0 radical (unpaired) electrons. The first-order valence-corrected chi connectivity index (χ1v) is 12.1. The Morgan fingerprint density at radius 2 is 1.61 bits per heavy atom. The third-order valence-electron chi connectivity index (χ3n) is 4.96. The van der Waals surface area contributed by atoms with Crippen molar-refractivity contribution in [3.05, 3.63) is 87.9 Å². The molecule has 5 nitrogen and oxygen atoms in total. The van der Waals surface area contributed by atoms with E-state index in [4.69, 9.17) is 32.7 Å². The largest absolute Gasteiger partial charge is 0.490 e. The summed E-state index contributed by atoms with van der Waals surface area (Å²) in [6.45, 7) is 1.14. The zero-order chi connectivity index (χ0) is 21.8. The van der Waals surface area contributed by atoms with E-state index in [9.17, 15) is 8.42 Å². The fourth-order valence-electron chi connectivity index (χ4n) is 3.37. The van der Waals surface area contributed by atoms with Gasteiger partial charge >= 0.3 is 0 Å². The van der Waals surface area contributed by atoms with Crippen LogP contribution in [0.2, 0.25) is 10.0 Å². The molecule has 1 atom stereocenters. The molecule has 1 aliphatic heterocycles. The summed E-state index contributed by atoms with van der Waals surface area (Å²) in [7, 11) is -3.86. The number of benzene rings is 3. The van der Waals surface area contributed by atoms with E-state index in [1.54, 1.807) is 0 Å². The van der Waals surface area contributed by atoms with Gasteiger partial charge in [-0.25, -0.2) is 13.1 Å². The Labute approximate surface area is 192 Å². The summed E-state index contributed by atoms with van der Waals surface area (Å²) < 4.78 is 40.6. The summed E-state index contributed by atoms with van der Waals surface area (Å²) >= 11 is 12.0. The summed E-state index contributed by atoms with van der Waals surface area (Å²) in [6.07, 6.45) is 1.25. The molecule has 0 fully saturated rings. The highest BCUT2D eigenvalue weighted by molar-refractivity contribution is 7.89. The zero-order valence-electron chi connectivity index (χ0n) is 16.6. The Morgan fingerprint density at radius 1 is 0.871 bits per heavy atom. The van der Waals surface area contributed by atoms with Gasteiger partial charge < -0.3 is 9.47 Å². The van der Waals surface area contributed by atoms with E-state index in [-0.39, 0.29) is 9.92 Å². The summed E-state index contributed by atoms with van der Waals surface area (Å²) in [4.78, 5) is 0.0503. The van der Waals surface area contributed by atoms with Gasteiger partial charge in [-0.1, -0.05) is 59.6 Å². The molecule has 0 aromatic heterocycles. The van der Waals surface area contributed by atoms with Gasteiger partial charge in [0.25, 0.3) is 0 Å². The quantitative estimate of drug-likeness (QED) is 0.514. The van der Waals surface area contributed by atoms with E-state index in [0.29, 0.717) is 36.2 Å². The van der Waals surface area contributed by atoms with Gasteiger partial charge in [0, 0.05) is 6.42 Å². The average molecular weight is 478 g/mol. The number of halogens is 2. The van der Waals surface area contributed by atoms with E-state index < -0.39 is 16.1 Å². The van der Waals surface area contributed by atoms with Crippen LogP contribution in [0.25, 0.3) is 0 Å². The molecule has 1 heterocycles. The first kappa shape index (κ1) is 22.0. The molecule has 0 saturated carbocycles. The summed E-state index contributed by atoms with van der Waals surface area (Å²) in [6, 6.07) is 18.9. The first-order chi connectivity index (χ1) is 14.9. The van der Waals surface area contributed by atoms with Crippen molar-refractivity contribution in [1.82, 2.24) is 4.72 Å². The van der Waals surface area contributed by atoms with Gasteiger partial charge in [-0.15, -0.1) is 0 Å². The van der Waals surface area contributed by atoms with Crippen molar-refractivity contribution in [3.8, 4) is 11.5 Å². The smallest absolute Gasteiger partial charge is 0.241 e. The maximum absolute atomic E-state index is 13.1. The van der Waals surface area contributed by atoms with E-state index >= 15 is 0 Å². The van der Waals surface area contributed by atoms with E-state index in [0.717, 1.165) is 17.5 Å². The number of hydrogen-bond acceptors (Lipinski definition) is 4. The van der Waals surface area contributed by atoms with Gasteiger partial charge in [0.05, 0.1) is 34.2 Å². The lowest BCUT2D eigenvalue weighted by Crippen LogP contribution is -2.30. The molecule has 162 valence electrons. The van der Waals surface area contributed by atoms with Crippen molar-refractivity contribution >= 4 is 33.2 Å². The number of nitrogens with one attached hydrogen (secondary N) is 1. The van der Waals surface area contributed by atoms with Gasteiger partial charge in [-0.2, -0.15) is 0 Å². The molecule has 1 aliphatic rings. The van der Waals surface area contributed by atoms with Gasteiger partial charge in [-0.3, -0.25) is 0 Å². The minimum Gasteiger partial charge on any atom is -0.490 e. The molecular weight excluding hydrogens is 457 g/mol.